The van der Waals surface area contributed by atoms with Gasteiger partial charge in [-0.05, 0) is 75.3 Å². The van der Waals surface area contributed by atoms with Crippen LogP contribution in [-0.4, -0.2) is 137 Å². The van der Waals surface area contributed by atoms with Crippen molar-refractivity contribution in [2.45, 2.75) is 32.2 Å². The normalized spacial score (nSPS) is 19.0. The number of anilines is 4. The fourth-order valence-electron chi connectivity index (χ4n) is 8.12. The van der Waals surface area contributed by atoms with Crippen LogP contribution in [0.1, 0.15) is 46.9 Å². The van der Waals surface area contributed by atoms with Crippen molar-refractivity contribution in [1.29, 1.82) is 0 Å². The zero-order valence-corrected chi connectivity index (χ0v) is 33.7. The van der Waals surface area contributed by atoms with Crippen LogP contribution in [0.4, 0.5) is 23.1 Å². The van der Waals surface area contributed by atoms with Gasteiger partial charge >= 0.3 is 0 Å². The number of rotatable bonds is 12. The summed E-state index contributed by atoms with van der Waals surface area (Å²) in [7, 11) is 1.66. The second-order valence-corrected chi connectivity index (χ2v) is 15.7. The van der Waals surface area contributed by atoms with E-state index < -0.39 is 29.7 Å². The number of halogens is 1. The minimum atomic E-state index is -0.980. The van der Waals surface area contributed by atoms with Crippen LogP contribution in [0, 0.1) is 0 Å². The van der Waals surface area contributed by atoms with Gasteiger partial charge in [0.05, 0.1) is 22.8 Å². The van der Waals surface area contributed by atoms with Gasteiger partial charge in [-0.3, -0.25) is 48.8 Å². The molecular weight excluding hydrogens is 780 g/mol. The summed E-state index contributed by atoms with van der Waals surface area (Å²) in [4.78, 5) is 94.2. The van der Waals surface area contributed by atoms with Gasteiger partial charge < -0.3 is 24.4 Å². The molecule has 4 aliphatic heterocycles. The summed E-state index contributed by atoms with van der Waals surface area (Å²) in [6.07, 6.45) is 2.84. The fourth-order valence-corrected chi connectivity index (χ4v) is 8.26. The van der Waals surface area contributed by atoms with E-state index in [9.17, 15) is 28.8 Å². The number of hydrogen-bond acceptors (Lipinski definition) is 14. The number of carbonyl (C=O) groups excluding carboxylic acids is 5. The number of piperidine rings is 1. The van der Waals surface area contributed by atoms with Crippen LogP contribution in [0.5, 0.6) is 5.75 Å². The predicted octanol–water partition coefficient (Wildman–Crippen LogP) is 2.43. The van der Waals surface area contributed by atoms with Crippen LogP contribution in [0.3, 0.4) is 0 Å². The molecule has 308 valence electrons. The molecule has 4 aliphatic rings. The van der Waals surface area contributed by atoms with Gasteiger partial charge in [0.2, 0.25) is 17.8 Å². The number of nitrogens with one attached hydrogen (secondary N) is 2. The number of hydrogen-bond donors (Lipinski definition) is 2. The van der Waals surface area contributed by atoms with Crippen molar-refractivity contribution >= 4 is 75.1 Å². The summed E-state index contributed by atoms with van der Waals surface area (Å²) < 4.78 is 6.96. The maximum absolute atomic E-state index is 13.3. The van der Waals surface area contributed by atoms with Gasteiger partial charge in [-0.1, -0.05) is 11.6 Å². The first-order valence-electron chi connectivity index (χ1n) is 19.8. The number of nitrogens with zero attached hydrogens (tertiary/aromatic N) is 8. The third kappa shape index (κ3) is 8.35. The summed E-state index contributed by atoms with van der Waals surface area (Å²) in [5, 5.41) is 6.65. The molecule has 3 saturated heterocycles. The number of ketones is 1. The minimum absolute atomic E-state index is 0.0857. The van der Waals surface area contributed by atoms with Crippen molar-refractivity contribution < 1.29 is 28.7 Å². The average molecular weight is 825 g/mol. The van der Waals surface area contributed by atoms with Crippen LogP contribution in [0.2, 0.25) is 5.02 Å². The molecule has 0 saturated carbocycles. The van der Waals surface area contributed by atoms with Crippen molar-refractivity contribution in [3.63, 3.8) is 0 Å². The first kappa shape index (κ1) is 39.9. The molecule has 4 aromatic rings. The van der Waals surface area contributed by atoms with E-state index >= 15 is 0 Å². The van der Waals surface area contributed by atoms with Gasteiger partial charge in [-0.15, -0.1) is 0 Å². The Morgan fingerprint density at radius 1 is 0.881 bits per heavy atom. The molecule has 2 N–H and O–H groups in total. The van der Waals surface area contributed by atoms with Gasteiger partial charge in [0.25, 0.3) is 17.4 Å². The number of fused-ring (bicyclic) bond motifs is 2. The van der Waals surface area contributed by atoms with E-state index in [0.717, 1.165) is 87.8 Å². The van der Waals surface area contributed by atoms with Gasteiger partial charge in [0, 0.05) is 82.6 Å². The monoisotopic (exact) mass is 824 g/mol. The highest BCUT2D eigenvalue weighted by molar-refractivity contribution is 6.33. The number of piperazine rings is 2. The highest BCUT2D eigenvalue weighted by atomic mass is 35.5. The first-order chi connectivity index (χ1) is 28.4. The Morgan fingerprint density at radius 3 is 2.27 bits per heavy atom. The van der Waals surface area contributed by atoms with Crippen molar-refractivity contribution in [2.24, 2.45) is 7.05 Å². The molecule has 1 atom stereocenters. The molecule has 1 unspecified atom stereocenters. The number of carbonyl (C=O) groups is 5. The first-order valence-corrected chi connectivity index (χ1v) is 20.2. The van der Waals surface area contributed by atoms with E-state index in [1.165, 1.54) is 11.5 Å². The maximum atomic E-state index is 13.3. The molecule has 8 rings (SSSR count). The summed E-state index contributed by atoms with van der Waals surface area (Å²) in [6.45, 7) is 9.78. The number of ether oxygens (including phenoxy) is 1. The number of aryl methyl sites for hydroxylation is 1. The van der Waals surface area contributed by atoms with Crippen molar-refractivity contribution in [2.75, 3.05) is 87.2 Å². The minimum Gasteiger partial charge on any atom is -0.480 e. The lowest BCUT2D eigenvalue weighted by atomic mass is 10.0. The molecule has 3 fully saturated rings. The number of aromatic nitrogens is 3. The molecule has 18 heteroatoms. The Labute approximate surface area is 344 Å². The van der Waals surface area contributed by atoms with Crippen molar-refractivity contribution in [3.05, 3.63) is 75.2 Å². The molecule has 2 aromatic heterocycles. The van der Waals surface area contributed by atoms with E-state index in [1.807, 2.05) is 24.3 Å². The number of amides is 4. The number of benzene rings is 2. The molecule has 0 aliphatic carbocycles. The number of Topliss-reactive ketones (excluding diaryl/α,β-unsaturated/α-hetero) is 1. The standard InChI is InChI=1S/C41H45ClN10O7/c1-25(53)24-59-34-21-26-20-27(4-7-32(26)47(2)40(34)58)44-36-31(42)23-43-41(46-36)51-18-14-49(15-19-51)11-3-10-48-12-16-50(17-13-48)28-5-6-29-30(22-28)39(57)52(38(29)56)33-8-9-35(54)45-37(33)55/h4-7,20-23,33H,3,8-19,24H2,1-2H3,(H,43,44,46)(H,45,54,55). The van der Waals surface area contributed by atoms with Crippen LogP contribution in [0.15, 0.2) is 53.5 Å². The molecule has 0 radical (unpaired) electrons. The van der Waals surface area contributed by atoms with Crippen LogP contribution in [-0.2, 0) is 21.4 Å². The molecule has 0 bridgehead atoms. The molecule has 6 heterocycles. The van der Waals surface area contributed by atoms with Gasteiger partial charge in [0.1, 0.15) is 17.7 Å². The second kappa shape index (κ2) is 16.8. The van der Waals surface area contributed by atoms with Gasteiger partial charge in [-0.2, -0.15) is 4.98 Å². The largest absolute Gasteiger partial charge is 0.480 e. The second-order valence-electron chi connectivity index (χ2n) is 15.3. The third-order valence-electron chi connectivity index (χ3n) is 11.4. The van der Waals surface area contributed by atoms with Gasteiger partial charge in [0.15, 0.2) is 17.4 Å². The lowest BCUT2D eigenvalue weighted by Crippen LogP contribution is -2.54. The summed E-state index contributed by atoms with van der Waals surface area (Å²) in [6, 6.07) is 11.5. The van der Waals surface area contributed by atoms with E-state index in [1.54, 1.807) is 31.4 Å². The Hall–Kier alpha value is -5.91. The molecular formula is C41H45ClN10O7. The Balaban J connectivity index is 0.796. The van der Waals surface area contributed by atoms with E-state index in [2.05, 4.69) is 35.2 Å². The zero-order valence-electron chi connectivity index (χ0n) is 32.9. The summed E-state index contributed by atoms with van der Waals surface area (Å²) >= 11 is 6.53. The number of imide groups is 2. The van der Waals surface area contributed by atoms with Crippen molar-refractivity contribution in [3.8, 4) is 5.75 Å². The SMILES string of the molecule is CC(=O)COc1cc2cc(Nc3nc(N4CCN(CCCN5CCN(c6ccc7c(c6)C(=O)N(C6CCC(=O)NC6=O)C7=O)CC5)CC4)ncc3Cl)ccc2n(C)c1=O. The third-order valence-corrected chi connectivity index (χ3v) is 11.7. The van der Waals surface area contributed by atoms with E-state index in [-0.39, 0.29) is 42.1 Å². The predicted molar refractivity (Wildman–Crippen MR) is 221 cm³/mol. The lowest BCUT2D eigenvalue weighted by Gasteiger charge is -2.37. The summed E-state index contributed by atoms with van der Waals surface area (Å²) in [5.74, 6) is -1.03. The lowest BCUT2D eigenvalue weighted by molar-refractivity contribution is -0.136. The fraction of sp³-hybridized carbons (Fsp3) is 0.415. The molecule has 59 heavy (non-hydrogen) atoms. The Morgan fingerprint density at radius 2 is 1.58 bits per heavy atom. The quantitative estimate of drug-likeness (QED) is 0.199. The average Bonchev–Trinajstić information content (AvgIpc) is 3.47. The summed E-state index contributed by atoms with van der Waals surface area (Å²) in [5.41, 5.74) is 2.55. The van der Waals surface area contributed by atoms with E-state index in [4.69, 9.17) is 21.3 Å². The molecule has 17 nitrogen and oxygen atoms in total. The van der Waals surface area contributed by atoms with Crippen LogP contribution in [0.25, 0.3) is 10.9 Å². The van der Waals surface area contributed by atoms with Gasteiger partial charge in [-0.25, -0.2) is 4.98 Å². The number of pyridine rings is 1. The Kier molecular flexibility index (Phi) is 11.3. The molecule has 2 aromatic carbocycles. The van der Waals surface area contributed by atoms with Crippen molar-refractivity contribution in [1.82, 2.24) is 34.6 Å². The highest BCUT2D eigenvalue weighted by Gasteiger charge is 2.44. The van der Waals surface area contributed by atoms with Crippen LogP contribution >= 0.6 is 11.6 Å². The zero-order chi connectivity index (χ0) is 41.4. The smallest absolute Gasteiger partial charge is 0.293 e. The Bertz CT molecular complexity index is 2410. The highest BCUT2D eigenvalue weighted by Crippen LogP contribution is 2.32. The van der Waals surface area contributed by atoms with Crippen LogP contribution < -0.4 is 30.7 Å². The van der Waals surface area contributed by atoms with E-state index in [0.29, 0.717) is 33.6 Å². The maximum Gasteiger partial charge on any atom is 0.293 e. The topological polar surface area (TPSA) is 183 Å². The molecule has 0 spiro atoms. The molecule has 4 amide bonds.